The molecule has 3 aromatic rings. The summed E-state index contributed by atoms with van der Waals surface area (Å²) in [5.74, 6) is -0.741. The van der Waals surface area contributed by atoms with E-state index in [4.69, 9.17) is 9.47 Å². The van der Waals surface area contributed by atoms with Crippen molar-refractivity contribution in [1.82, 2.24) is 14.5 Å². The van der Waals surface area contributed by atoms with E-state index >= 15 is 0 Å². The monoisotopic (exact) mass is 571 g/mol. The Morgan fingerprint density at radius 1 is 1.10 bits per heavy atom. The third-order valence-electron chi connectivity index (χ3n) is 6.95. The van der Waals surface area contributed by atoms with Crippen molar-refractivity contribution in [2.24, 2.45) is 0 Å². The molecule has 0 bridgehead atoms. The van der Waals surface area contributed by atoms with Gasteiger partial charge in [-0.25, -0.2) is 4.98 Å². The summed E-state index contributed by atoms with van der Waals surface area (Å²) in [4.78, 5) is 44.0. The summed E-state index contributed by atoms with van der Waals surface area (Å²) in [5, 5.41) is 5.38. The van der Waals surface area contributed by atoms with Gasteiger partial charge >= 0.3 is 6.18 Å². The molecule has 0 saturated carbocycles. The maximum Gasteiger partial charge on any atom is 0.416 e. The summed E-state index contributed by atoms with van der Waals surface area (Å²) < 4.78 is 53.6. The third-order valence-corrected chi connectivity index (χ3v) is 6.95. The zero-order valence-electron chi connectivity index (χ0n) is 22.2. The van der Waals surface area contributed by atoms with Crippen LogP contribution < -0.4 is 20.1 Å². The molecule has 0 aliphatic carbocycles. The minimum atomic E-state index is -4.62. The van der Waals surface area contributed by atoms with Gasteiger partial charge in [0, 0.05) is 25.6 Å². The van der Waals surface area contributed by atoms with Crippen molar-refractivity contribution < 1.29 is 37.0 Å². The smallest absolute Gasteiger partial charge is 0.416 e. The second-order valence-corrected chi connectivity index (χ2v) is 9.80. The molecular formula is C28H28F3N5O5. The first-order valence-corrected chi connectivity index (χ1v) is 13.1. The number of nitrogens with zero attached hydrogens (tertiary/aromatic N) is 3. The summed E-state index contributed by atoms with van der Waals surface area (Å²) in [6.07, 6.45) is -1.26. The largest absolute Gasteiger partial charge is 0.484 e. The minimum absolute atomic E-state index is 0.0525. The molecule has 10 nitrogen and oxygen atoms in total. The van der Waals surface area contributed by atoms with E-state index in [0.29, 0.717) is 41.2 Å². The van der Waals surface area contributed by atoms with Gasteiger partial charge < -0.3 is 24.3 Å². The predicted molar refractivity (Wildman–Crippen MR) is 144 cm³/mol. The van der Waals surface area contributed by atoms with E-state index in [1.807, 2.05) is 0 Å². The summed E-state index contributed by atoms with van der Waals surface area (Å²) in [6.45, 7) is 6.18. The quantitative estimate of drug-likeness (QED) is 0.426. The van der Waals surface area contributed by atoms with Crippen LogP contribution in [0.25, 0.3) is 11.0 Å². The number of alkyl halides is 3. The molecule has 1 atom stereocenters. The topological polar surface area (TPSA) is 115 Å². The minimum Gasteiger partial charge on any atom is -0.484 e. The Kier molecular flexibility index (Phi) is 7.61. The molecule has 0 radical (unpaired) electrons. The molecule has 41 heavy (non-hydrogen) atoms. The molecule has 2 aliphatic heterocycles. The Morgan fingerprint density at radius 3 is 2.56 bits per heavy atom. The molecule has 0 unspecified atom stereocenters. The molecule has 2 aromatic carbocycles. The Morgan fingerprint density at radius 2 is 1.85 bits per heavy atom. The van der Waals surface area contributed by atoms with Crippen molar-refractivity contribution in [1.29, 1.82) is 0 Å². The van der Waals surface area contributed by atoms with E-state index in [0.717, 1.165) is 31.0 Å². The zero-order valence-corrected chi connectivity index (χ0v) is 22.2. The van der Waals surface area contributed by atoms with E-state index in [9.17, 15) is 27.6 Å². The van der Waals surface area contributed by atoms with Gasteiger partial charge in [-0.2, -0.15) is 13.2 Å². The van der Waals surface area contributed by atoms with Crippen molar-refractivity contribution in [3.63, 3.8) is 0 Å². The molecular weight excluding hydrogens is 543 g/mol. The lowest BCUT2D eigenvalue weighted by Gasteiger charge is -2.28. The van der Waals surface area contributed by atoms with Crippen LogP contribution in [-0.2, 0) is 15.8 Å². The Bertz CT molecular complexity index is 1530. The van der Waals surface area contributed by atoms with Crippen molar-refractivity contribution in [2.75, 3.05) is 36.9 Å². The first-order valence-electron chi connectivity index (χ1n) is 13.1. The van der Waals surface area contributed by atoms with Gasteiger partial charge in [0.25, 0.3) is 5.91 Å². The predicted octanol–water partition coefficient (Wildman–Crippen LogP) is 4.78. The van der Waals surface area contributed by atoms with Crippen molar-refractivity contribution in [3.8, 4) is 11.5 Å². The maximum absolute atomic E-state index is 13.3. The van der Waals surface area contributed by atoms with Gasteiger partial charge in [-0.15, -0.1) is 0 Å². The number of nitrogens with one attached hydrogen (secondary N) is 2. The summed E-state index contributed by atoms with van der Waals surface area (Å²) >= 11 is 0. The normalized spacial score (nSPS) is 17.1. The second kappa shape index (κ2) is 11.1. The van der Waals surface area contributed by atoms with E-state index in [-0.39, 0.29) is 49.1 Å². The van der Waals surface area contributed by atoms with Gasteiger partial charge in [0.2, 0.25) is 17.8 Å². The highest BCUT2D eigenvalue weighted by Crippen LogP contribution is 2.46. The van der Waals surface area contributed by atoms with E-state index < -0.39 is 17.6 Å². The number of carbonyl (C=O) groups excluding carboxylic acids is 3. The number of aromatic nitrogens is 2. The Labute approximate surface area is 233 Å². The summed E-state index contributed by atoms with van der Waals surface area (Å²) in [6, 6.07) is 5.30. The average Bonchev–Trinajstić information content (AvgIpc) is 3.11. The second-order valence-electron chi connectivity index (χ2n) is 9.80. The average molecular weight is 572 g/mol. The van der Waals surface area contributed by atoms with Gasteiger partial charge in [0.05, 0.1) is 22.8 Å². The number of halogens is 3. The summed E-state index contributed by atoms with van der Waals surface area (Å²) in [7, 11) is 0. The number of fused-ring (bicyclic) bond motifs is 3. The van der Waals surface area contributed by atoms with Crippen LogP contribution in [0.15, 0.2) is 43.0 Å². The first-order chi connectivity index (χ1) is 19.6. The number of hydrogen-bond donors (Lipinski definition) is 2. The third kappa shape index (κ3) is 5.70. The maximum atomic E-state index is 13.3. The molecule has 0 spiro atoms. The van der Waals surface area contributed by atoms with Crippen LogP contribution in [0.1, 0.15) is 48.1 Å². The number of hydrogen-bond acceptors (Lipinski definition) is 6. The molecule has 3 heterocycles. The molecule has 3 amide bonds. The summed E-state index contributed by atoms with van der Waals surface area (Å²) in [5.41, 5.74) is -0.0254. The lowest BCUT2D eigenvalue weighted by atomic mass is 10.1. The lowest BCUT2D eigenvalue weighted by Crippen LogP contribution is -2.34. The molecule has 5 rings (SSSR count). The number of imidazole rings is 1. The van der Waals surface area contributed by atoms with Crippen LogP contribution in [-0.4, -0.2) is 58.5 Å². The highest BCUT2D eigenvalue weighted by Gasteiger charge is 2.33. The molecule has 216 valence electrons. The zero-order chi connectivity index (χ0) is 29.3. The highest BCUT2D eigenvalue weighted by atomic mass is 19.4. The van der Waals surface area contributed by atoms with E-state index in [1.54, 1.807) is 15.5 Å². The van der Waals surface area contributed by atoms with Crippen LogP contribution in [0.4, 0.5) is 24.8 Å². The fraction of sp³-hybridized carbons (Fsp3) is 0.357. The van der Waals surface area contributed by atoms with E-state index in [1.165, 1.54) is 19.1 Å². The number of ether oxygens (including phenoxy) is 2. The molecule has 13 heteroatoms. The van der Waals surface area contributed by atoms with Gasteiger partial charge in [0.1, 0.15) is 18.7 Å². The van der Waals surface area contributed by atoms with E-state index in [2.05, 4.69) is 22.2 Å². The molecule has 1 saturated heterocycles. The van der Waals surface area contributed by atoms with Crippen molar-refractivity contribution in [3.05, 3.63) is 54.1 Å². The van der Waals surface area contributed by atoms with Crippen LogP contribution in [0, 0.1) is 0 Å². The number of benzene rings is 2. The standard InChI is InChI=1S/C28H28F3N5O5/c1-3-22(38)35-10-5-4-9-19(15-35)36-23-20(14-21(32-16(2)37)24-25(23)41-12-11-40-24)33-27(36)34-26(39)17-7-6-8-18(13-17)28(29,30)31/h3,6-8,13-14,19H,1,4-5,9-12,15H2,2H3,(H,32,37)(H,33,34,39)/t19-/m1/s1. The number of anilines is 2. The fourth-order valence-corrected chi connectivity index (χ4v) is 5.17. The lowest BCUT2D eigenvalue weighted by molar-refractivity contribution is -0.137. The molecule has 1 aromatic heterocycles. The molecule has 2 N–H and O–H groups in total. The van der Waals surface area contributed by atoms with Crippen molar-refractivity contribution in [2.45, 2.75) is 38.4 Å². The van der Waals surface area contributed by atoms with Gasteiger partial charge in [0.15, 0.2) is 11.5 Å². The number of rotatable bonds is 5. The molecule has 2 aliphatic rings. The van der Waals surface area contributed by atoms with Crippen LogP contribution in [0.2, 0.25) is 0 Å². The Balaban J connectivity index is 1.66. The van der Waals surface area contributed by atoms with Gasteiger partial charge in [-0.05, 0) is 49.6 Å². The van der Waals surface area contributed by atoms with Gasteiger partial charge in [-0.1, -0.05) is 12.6 Å². The Hall–Kier alpha value is -4.55. The van der Waals surface area contributed by atoms with Crippen LogP contribution in [0.3, 0.4) is 0 Å². The van der Waals surface area contributed by atoms with Crippen LogP contribution in [0.5, 0.6) is 11.5 Å². The number of likely N-dealkylation sites (tertiary alicyclic amines) is 1. The SMILES string of the molecule is C=CC(=O)N1CCCC[C@@H](n2c(NC(=O)c3cccc(C(F)(F)F)c3)nc3cc(NC(C)=O)c4c(c32)OCCO4)C1. The fourth-order valence-electron chi connectivity index (χ4n) is 5.17. The van der Waals surface area contributed by atoms with Crippen LogP contribution >= 0.6 is 0 Å². The molecule has 1 fully saturated rings. The van der Waals surface area contributed by atoms with Crippen molar-refractivity contribution >= 4 is 40.4 Å². The van der Waals surface area contributed by atoms with Gasteiger partial charge in [-0.3, -0.25) is 19.7 Å². The first kappa shape index (κ1) is 28.0. The highest BCUT2D eigenvalue weighted by molar-refractivity contribution is 6.05. The number of amides is 3. The number of carbonyl (C=O) groups is 3.